The second-order valence-electron chi connectivity index (χ2n) is 2.79. The first-order valence-corrected chi connectivity index (χ1v) is 5.77. The average molecular weight is 231 g/mol. The fourth-order valence-electron chi connectivity index (χ4n) is 0.974. The van der Waals surface area contributed by atoms with Crippen molar-refractivity contribution in [3.8, 4) is 0 Å². The highest BCUT2D eigenvalue weighted by atomic mass is 32.2. The SMILES string of the molecule is CCCNc1nc(SC)nc(NN)c1F. The Balaban J connectivity index is 3.01. The number of thioether (sulfide) groups is 1. The van der Waals surface area contributed by atoms with Gasteiger partial charge >= 0.3 is 0 Å². The summed E-state index contributed by atoms with van der Waals surface area (Å²) in [5.41, 5.74) is 2.21. The van der Waals surface area contributed by atoms with Crippen molar-refractivity contribution >= 4 is 23.4 Å². The summed E-state index contributed by atoms with van der Waals surface area (Å²) in [6.07, 6.45) is 2.71. The topological polar surface area (TPSA) is 75.9 Å². The van der Waals surface area contributed by atoms with E-state index in [-0.39, 0.29) is 11.6 Å². The number of hydrogen-bond acceptors (Lipinski definition) is 6. The molecule has 0 saturated heterocycles. The van der Waals surface area contributed by atoms with Gasteiger partial charge in [0.15, 0.2) is 16.8 Å². The van der Waals surface area contributed by atoms with E-state index >= 15 is 0 Å². The number of anilines is 2. The molecule has 1 rings (SSSR count). The zero-order chi connectivity index (χ0) is 11.3. The summed E-state index contributed by atoms with van der Waals surface area (Å²) < 4.78 is 13.6. The summed E-state index contributed by atoms with van der Waals surface area (Å²) in [5, 5.41) is 3.35. The molecule has 0 amide bonds. The molecule has 0 aliphatic rings. The van der Waals surface area contributed by atoms with Gasteiger partial charge in [-0.05, 0) is 12.7 Å². The van der Waals surface area contributed by atoms with E-state index < -0.39 is 5.82 Å². The zero-order valence-electron chi connectivity index (χ0n) is 8.67. The molecular formula is C8H14FN5S. The molecule has 0 saturated carbocycles. The monoisotopic (exact) mass is 231 g/mol. The molecule has 0 bridgehead atoms. The smallest absolute Gasteiger partial charge is 0.209 e. The molecule has 0 aliphatic carbocycles. The van der Waals surface area contributed by atoms with Crippen LogP contribution < -0.4 is 16.6 Å². The molecular weight excluding hydrogens is 217 g/mol. The average Bonchev–Trinajstić information content (AvgIpc) is 2.27. The molecule has 0 unspecified atom stereocenters. The van der Waals surface area contributed by atoms with Gasteiger partial charge in [-0.2, -0.15) is 4.39 Å². The van der Waals surface area contributed by atoms with Crippen molar-refractivity contribution in [2.24, 2.45) is 5.84 Å². The van der Waals surface area contributed by atoms with Crippen LogP contribution in [0.15, 0.2) is 5.16 Å². The highest BCUT2D eigenvalue weighted by Gasteiger charge is 2.12. The molecule has 0 atom stereocenters. The molecule has 1 aromatic heterocycles. The Morgan fingerprint density at radius 1 is 1.40 bits per heavy atom. The quantitative estimate of drug-likeness (QED) is 0.308. The Morgan fingerprint density at radius 2 is 2.07 bits per heavy atom. The zero-order valence-corrected chi connectivity index (χ0v) is 9.49. The molecule has 1 heterocycles. The lowest BCUT2D eigenvalue weighted by Gasteiger charge is -2.09. The number of hydrazine groups is 1. The Kier molecular flexibility index (Phi) is 4.57. The number of nitrogens with two attached hydrogens (primary N) is 1. The number of nitrogens with one attached hydrogen (secondary N) is 2. The van der Waals surface area contributed by atoms with Crippen LogP contribution in [0, 0.1) is 5.82 Å². The van der Waals surface area contributed by atoms with Crippen molar-refractivity contribution in [1.82, 2.24) is 9.97 Å². The van der Waals surface area contributed by atoms with Crippen molar-refractivity contribution in [3.05, 3.63) is 5.82 Å². The normalized spacial score (nSPS) is 10.1. The third kappa shape index (κ3) is 2.93. The van der Waals surface area contributed by atoms with Crippen LogP contribution in [0.2, 0.25) is 0 Å². The van der Waals surface area contributed by atoms with E-state index in [1.807, 2.05) is 13.2 Å². The van der Waals surface area contributed by atoms with Crippen LogP contribution in [0.25, 0.3) is 0 Å². The molecule has 7 heteroatoms. The van der Waals surface area contributed by atoms with Crippen LogP contribution in [0.4, 0.5) is 16.0 Å². The summed E-state index contributed by atoms with van der Waals surface area (Å²) in [4.78, 5) is 7.89. The van der Waals surface area contributed by atoms with Gasteiger partial charge in [0.25, 0.3) is 0 Å². The van der Waals surface area contributed by atoms with Crippen LogP contribution in [0.5, 0.6) is 0 Å². The number of nitrogen functional groups attached to an aromatic ring is 1. The minimum Gasteiger partial charge on any atom is -0.367 e. The lowest BCUT2D eigenvalue weighted by Crippen LogP contribution is -2.14. The predicted molar refractivity (Wildman–Crippen MR) is 60.4 cm³/mol. The molecule has 5 nitrogen and oxygen atoms in total. The van der Waals surface area contributed by atoms with E-state index in [0.29, 0.717) is 11.7 Å². The van der Waals surface area contributed by atoms with Crippen LogP contribution in [0.1, 0.15) is 13.3 Å². The van der Waals surface area contributed by atoms with E-state index in [9.17, 15) is 4.39 Å². The van der Waals surface area contributed by atoms with E-state index in [0.717, 1.165) is 6.42 Å². The van der Waals surface area contributed by atoms with Gasteiger partial charge in [0.05, 0.1) is 0 Å². The van der Waals surface area contributed by atoms with Crippen molar-refractivity contribution in [1.29, 1.82) is 0 Å². The summed E-state index contributed by atoms with van der Waals surface area (Å²) >= 11 is 1.33. The summed E-state index contributed by atoms with van der Waals surface area (Å²) in [7, 11) is 0. The molecule has 0 radical (unpaired) electrons. The summed E-state index contributed by atoms with van der Waals surface area (Å²) in [6, 6.07) is 0. The Morgan fingerprint density at radius 3 is 2.60 bits per heavy atom. The first-order chi connectivity index (χ1) is 7.22. The molecule has 0 aliphatic heterocycles. The molecule has 4 N–H and O–H groups in total. The summed E-state index contributed by atoms with van der Waals surface area (Å²) in [6.45, 7) is 2.65. The Labute approximate surface area is 92.0 Å². The van der Waals surface area contributed by atoms with Crippen molar-refractivity contribution in [2.75, 3.05) is 23.5 Å². The second kappa shape index (κ2) is 5.72. The lowest BCUT2D eigenvalue weighted by molar-refractivity contribution is 0.613. The first kappa shape index (κ1) is 12.0. The largest absolute Gasteiger partial charge is 0.367 e. The number of hydrogen-bond donors (Lipinski definition) is 3. The van der Waals surface area contributed by atoms with Gasteiger partial charge in [-0.3, -0.25) is 0 Å². The molecule has 0 fully saturated rings. The number of rotatable bonds is 5. The minimum absolute atomic E-state index is 0.00736. The van der Waals surface area contributed by atoms with Crippen molar-refractivity contribution in [3.63, 3.8) is 0 Å². The predicted octanol–water partition coefficient (Wildman–Crippen LogP) is 1.45. The van der Waals surface area contributed by atoms with Gasteiger partial charge in [0.2, 0.25) is 5.82 Å². The maximum Gasteiger partial charge on any atom is 0.209 e. The Bertz CT molecular complexity index is 333. The van der Waals surface area contributed by atoms with Gasteiger partial charge in [0.1, 0.15) is 0 Å². The van der Waals surface area contributed by atoms with E-state index in [2.05, 4.69) is 20.7 Å². The van der Waals surface area contributed by atoms with E-state index in [1.54, 1.807) is 0 Å². The number of nitrogens with zero attached hydrogens (tertiary/aromatic N) is 2. The number of aromatic nitrogens is 2. The summed E-state index contributed by atoms with van der Waals surface area (Å²) in [5.74, 6) is 4.79. The van der Waals surface area contributed by atoms with Gasteiger partial charge in [0, 0.05) is 6.54 Å². The maximum absolute atomic E-state index is 13.6. The van der Waals surface area contributed by atoms with Crippen molar-refractivity contribution < 1.29 is 4.39 Å². The van der Waals surface area contributed by atoms with Crippen molar-refractivity contribution in [2.45, 2.75) is 18.5 Å². The minimum atomic E-state index is -0.552. The third-order valence-electron chi connectivity index (χ3n) is 1.69. The van der Waals surface area contributed by atoms with Gasteiger partial charge in [-0.25, -0.2) is 15.8 Å². The third-order valence-corrected chi connectivity index (χ3v) is 2.24. The van der Waals surface area contributed by atoms with Crippen LogP contribution >= 0.6 is 11.8 Å². The highest BCUT2D eigenvalue weighted by Crippen LogP contribution is 2.21. The highest BCUT2D eigenvalue weighted by molar-refractivity contribution is 7.98. The van der Waals surface area contributed by atoms with Crippen LogP contribution in [0.3, 0.4) is 0 Å². The molecule has 0 spiro atoms. The van der Waals surface area contributed by atoms with Gasteiger partial charge < -0.3 is 10.7 Å². The maximum atomic E-state index is 13.6. The van der Waals surface area contributed by atoms with E-state index in [1.165, 1.54) is 11.8 Å². The molecule has 15 heavy (non-hydrogen) atoms. The number of halogens is 1. The standard InChI is InChI=1S/C8H14FN5S/c1-3-4-11-6-5(9)7(14-10)13-8(12-6)15-2/h3-4,10H2,1-2H3,(H2,11,12,13,14). The van der Waals surface area contributed by atoms with E-state index in [4.69, 9.17) is 5.84 Å². The van der Waals surface area contributed by atoms with Crippen LogP contribution in [-0.2, 0) is 0 Å². The second-order valence-corrected chi connectivity index (χ2v) is 3.57. The van der Waals surface area contributed by atoms with Gasteiger partial charge in [-0.1, -0.05) is 18.7 Å². The molecule has 84 valence electrons. The fourth-order valence-corrected chi connectivity index (χ4v) is 1.34. The molecule has 0 aromatic carbocycles. The Hall–Kier alpha value is -1.08. The van der Waals surface area contributed by atoms with Crippen LogP contribution in [-0.4, -0.2) is 22.8 Å². The first-order valence-electron chi connectivity index (χ1n) is 4.55. The molecule has 1 aromatic rings. The lowest BCUT2D eigenvalue weighted by atomic mass is 10.4. The fraction of sp³-hybridized carbons (Fsp3) is 0.500. The van der Waals surface area contributed by atoms with Gasteiger partial charge in [-0.15, -0.1) is 0 Å².